The highest BCUT2D eigenvalue weighted by Crippen LogP contribution is 2.27. The van der Waals surface area contributed by atoms with Crippen LogP contribution in [0.2, 0.25) is 0 Å². The Labute approximate surface area is 114 Å². The van der Waals surface area contributed by atoms with E-state index in [2.05, 4.69) is 24.1 Å². The summed E-state index contributed by atoms with van der Waals surface area (Å²) in [5, 5.41) is 2.98. The van der Waals surface area contributed by atoms with Crippen LogP contribution in [0, 0.1) is 18.8 Å². The molecule has 1 N–H and O–H groups in total. The molecule has 0 aromatic carbocycles. The molecule has 2 atom stereocenters. The van der Waals surface area contributed by atoms with E-state index in [1.54, 1.807) is 12.4 Å². The van der Waals surface area contributed by atoms with Crippen molar-refractivity contribution < 1.29 is 9.53 Å². The summed E-state index contributed by atoms with van der Waals surface area (Å²) in [6.45, 7) is 6.93. The molecule has 2 rings (SSSR count). The number of anilines is 1. The number of nitrogens with zero attached hydrogens (tertiary/aromatic N) is 1. The van der Waals surface area contributed by atoms with Crippen molar-refractivity contribution in [3.8, 4) is 0 Å². The van der Waals surface area contributed by atoms with Gasteiger partial charge in [-0.15, -0.1) is 0 Å². The quantitative estimate of drug-likeness (QED) is 0.911. The molecule has 0 radical (unpaired) electrons. The van der Waals surface area contributed by atoms with Gasteiger partial charge >= 0.3 is 0 Å². The Morgan fingerprint density at radius 1 is 1.53 bits per heavy atom. The molecular formula is C15H22N2O2. The third-order valence-corrected chi connectivity index (χ3v) is 3.66. The van der Waals surface area contributed by atoms with Crippen LogP contribution in [0.5, 0.6) is 0 Å². The first-order valence-corrected chi connectivity index (χ1v) is 6.92. The van der Waals surface area contributed by atoms with Crippen LogP contribution in [-0.4, -0.2) is 23.6 Å². The molecule has 1 amide bonds. The summed E-state index contributed by atoms with van der Waals surface area (Å²) in [6, 6.07) is 1.90. The molecule has 1 aromatic rings. The van der Waals surface area contributed by atoms with Gasteiger partial charge in [0.2, 0.25) is 5.91 Å². The average molecular weight is 262 g/mol. The molecule has 1 aliphatic rings. The lowest BCUT2D eigenvalue weighted by Crippen LogP contribution is -2.41. The molecular weight excluding hydrogens is 240 g/mol. The van der Waals surface area contributed by atoms with Crippen LogP contribution in [0.1, 0.15) is 32.3 Å². The zero-order valence-corrected chi connectivity index (χ0v) is 11.8. The van der Waals surface area contributed by atoms with E-state index in [9.17, 15) is 4.79 Å². The van der Waals surface area contributed by atoms with E-state index >= 15 is 0 Å². The van der Waals surface area contributed by atoms with Crippen molar-refractivity contribution in [3.63, 3.8) is 0 Å². The van der Waals surface area contributed by atoms with Gasteiger partial charge in [-0.05, 0) is 37.3 Å². The summed E-state index contributed by atoms with van der Waals surface area (Å²) in [4.78, 5) is 16.5. The molecule has 2 heterocycles. The number of ether oxygens (including phenoxy) is 1. The second-order valence-electron chi connectivity index (χ2n) is 5.51. The minimum absolute atomic E-state index is 0.0192. The number of amides is 1. The lowest BCUT2D eigenvalue weighted by Gasteiger charge is -2.33. The molecule has 4 nitrogen and oxygen atoms in total. The minimum Gasteiger partial charge on any atom is -0.377 e. The number of rotatable bonds is 3. The SMILES string of the molecule is Cc1ccncc1NC(=O)[C@@H]1CCCO[C@H]1C(C)C. The monoisotopic (exact) mass is 262 g/mol. The number of pyridine rings is 1. The van der Waals surface area contributed by atoms with E-state index in [-0.39, 0.29) is 17.9 Å². The molecule has 0 aliphatic carbocycles. The summed E-state index contributed by atoms with van der Waals surface area (Å²) in [7, 11) is 0. The van der Waals surface area contributed by atoms with Gasteiger partial charge in [0, 0.05) is 12.8 Å². The second kappa shape index (κ2) is 6.15. The third kappa shape index (κ3) is 3.32. The van der Waals surface area contributed by atoms with E-state index in [1.165, 1.54) is 0 Å². The van der Waals surface area contributed by atoms with Gasteiger partial charge in [0.25, 0.3) is 0 Å². The molecule has 19 heavy (non-hydrogen) atoms. The first kappa shape index (κ1) is 14.0. The number of aromatic nitrogens is 1. The van der Waals surface area contributed by atoms with Crippen molar-refractivity contribution in [3.05, 3.63) is 24.0 Å². The molecule has 1 saturated heterocycles. The molecule has 0 unspecified atom stereocenters. The Morgan fingerprint density at radius 3 is 3.00 bits per heavy atom. The Bertz CT molecular complexity index is 446. The fourth-order valence-corrected chi connectivity index (χ4v) is 2.56. The Morgan fingerprint density at radius 2 is 2.32 bits per heavy atom. The topological polar surface area (TPSA) is 51.2 Å². The number of carbonyl (C=O) groups excluding carboxylic acids is 1. The van der Waals surface area contributed by atoms with E-state index in [0.717, 1.165) is 30.7 Å². The molecule has 1 aromatic heterocycles. The van der Waals surface area contributed by atoms with Gasteiger partial charge in [-0.2, -0.15) is 0 Å². The predicted molar refractivity (Wildman–Crippen MR) is 74.9 cm³/mol. The number of aryl methyl sites for hydroxylation is 1. The normalized spacial score (nSPS) is 23.4. The maximum absolute atomic E-state index is 12.4. The predicted octanol–water partition coefficient (Wildman–Crippen LogP) is 2.78. The Kier molecular flexibility index (Phi) is 4.53. The van der Waals surface area contributed by atoms with Crippen molar-refractivity contribution in [2.75, 3.05) is 11.9 Å². The standard InChI is InChI=1S/C15H22N2O2/c1-10(2)14-12(5-4-8-19-14)15(18)17-13-9-16-7-6-11(13)3/h6-7,9-10,12,14H,4-5,8H2,1-3H3,(H,17,18)/t12-,14+/m1/s1. The fraction of sp³-hybridized carbons (Fsp3) is 0.600. The zero-order chi connectivity index (χ0) is 13.8. The highest BCUT2D eigenvalue weighted by molar-refractivity contribution is 5.93. The van der Waals surface area contributed by atoms with E-state index < -0.39 is 0 Å². The van der Waals surface area contributed by atoms with Crippen LogP contribution in [0.15, 0.2) is 18.5 Å². The molecule has 4 heteroatoms. The first-order valence-electron chi connectivity index (χ1n) is 6.92. The highest BCUT2D eigenvalue weighted by atomic mass is 16.5. The molecule has 1 fully saturated rings. The van der Waals surface area contributed by atoms with Gasteiger partial charge in [-0.3, -0.25) is 9.78 Å². The van der Waals surface area contributed by atoms with Gasteiger partial charge < -0.3 is 10.1 Å². The molecule has 0 spiro atoms. The van der Waals surface area contributed by atoms with Crippen molar-refractivity contribution in [1.82, 2.24) is 4.98 Å². The van der Waals surface area contributed by atoms with Crippen LogP contribution >= 0.6 is 0 Å². The largest absolute Gasteiger partial charge is 0.377 e. The number of carbonyl (C=O) groups is 1. The van der Waals surface area contributed by atoms with E-state index in [4.69, 9.17) is 4.74 Å². The lowest BCUT2D eigenvalue weighted by molar-refractivity contribution is -0.131. The van der Waals surface area contributed by atoms with Gasteiger partial charge in [0.15, 0.2) is 0 Å². The Hall–Kier alpha value is -1.42. The summed E-state index contributed by atoms with van der Waals surface area (Å²) in [5.41, 5.74) is 1.82. The first-order chi connectivity index (χ1) is 9.09. The number of hydrogen-bond acceptors (Lipinski definition) is 3. The second-order valence-corrected chi connectivity index (χ2v) is 5.51. The minimum atomic E-state index is -0.0617. The molecule has 0 bridgehead atoms. The Balaban J connectivity index is 2.08. The van der Waals surface area contributed by atoms with Crippen LogP contribution in [0.3, 0.4) is 0 Å². The van der Waals surface area contributed by atoms with Gasteiger partial charge in [0.05, 0.1) is 23.9 Å². The molecule has 1 aliphatic heterocycles. The van der Waals surface area contributed by atoms with Crippen LogP contribution in [0.25, 0.3) is 0 Å². The summed E-state index contributed by atoms with van der Waals surface area (Å²) < 4.78 is 5.76. The van der Waals surface area contributed by atoms with Crippen molar-refractivity contribution in [1.29, 1.82) is 0 Å². The van der Waals surface area contributed by atoms with Crippen LogP contribution in [0.4, 0.5) is 5.69 Å². The van der Waals surface area contributed by atoms with Crippen molar-refractivity contribution in [2.24, 2.45) is 11.8 Å². The number of nitrogens with one attached hydrogen (secondary N) is 1. The van der Waals surface area contributed by atoms with E-state index in [0.29, 0.717) is 5.92 Å². The maximum Gasteiger partial charge on any atom is 0.230 e. The van der Waals surface area contributed by atoms with Gasteiger partial charge in [0.1, 0.15) is 0 Å². The van der Waals surface area contributed by atoms with Crippen LogP contribution < -0.4 is 5.32 Å². The third-order valence-electron chi connectivity index (χ3n) is 3.66. The zero-order valence-electron chi connectivity index (χ0n) is 11.8. The van der Waals surface area contributed by atoms with Gasteiger partial charge in [-0.25, -0.2) is 0 Å². The smallest absolute Gasteiger partial charge is 0.230 e. The lowest BCUT2D eigenvalue weighted by atomic mass is 9.86. The summed E-state index contributed by atoms with van der Waals surface area (Å²) in [6.07, 6.45) is 5.29. The number of hydrogen-bond donors (Lipinski definition) is 1. The van der Waals surface area contributed by atoms with Crippen molar-refractivity contribution >= 4 is 11.6 Å². The average Bonchev–Trinajstić information content (AvgIpc) is 2.41. The fourth-order valence-electron chi connectivity index (χ4n) is 2.56. The molecule has 0 saturated carbocycles. The summed E-state index contributed by atoms with van der Waals surface area (Å²) >= 11 is 0. The van der Waals surface area contributed by atoms with Gasteiger partial charge in [-0.1, -0.05) is 13.8 Å². The summed E-state index contributed by atoms with van der Waals surface area (Å²) in [5.74, 6) is 0.342. The maximum atomic E-state index is 12.4. The highest BCUT2D eigenvalue weighted by Gasteiger charge is 2.33. The van der Waals surface area contributed by atoms with E-state index in [1.807, 2.05) is 13.0 Å². The van der Waals surface area contributed by atoms with Crippen LogP contribution in [-0.2, 0) is 9.53 Å². The molecule has 104 valence electrons. The van der Waals surface area contributed by atoms with Crippen molar-refractivity contribution in [2.45, 2.75) is 39.7 Å².